The third-order valence-corrected chi connectivity index (χ3v) is 4.52. The second-order valence-corrected chi connectivity index (χ2v) is 6.90. The standard InChI is InChI=1S/C22H22N6O/c1-27(2)15-16-8-4-5-9-18(16)19-12-11-17(14-21(19)29-3)28-25-22(24-26-28)20-10-6-7-13-23-20/h4-14H,15H2,1-3H3. The molecule has 0 atom stereocenters. The van der Waals surface area contributed by atoms with Gasteiger partial charge in [0.2, 0.25) is 5.82 Å². The molecule has 7 nitrogen and oxygen atoms in total. The molecule has 0 spiro atoms. The molecule has 29 heavy (non-hydrogen) atoms. The fourth-order valence-corrected chi connectivity index (χ4v) is 3.21. The van der Waals surface area contributed by atoms with Crippen LogP contribution in [0.15, 0.2) is 66.9 Å². The molecule has 0 aliphatic carbocycles. The van der Waals surface area contributed by atoms with Gasteiger partial charge in [0.25, 0.3) is 0 Å². The van der Waals surface area contributed by atoms with Crippen molar-refractivity contribution in [3.05, 3.63) is 72.4 Å². The first kappa shape index (κ1) is 18.8. The number of rotatable bonds is 6. The lowest BCUT2D eigenvalue weighted by Crippen LogP contribution is -2.11. The van der Waals surface area contributed by atoms with E-state index in [0.29, 0.717) is 11.5 Å². The Morgan fingerprint density at radius 3 is 2.55 bits per heavy atom. The number of hydrogen-bond acceptors (Lipinski definition) is 6. The largest absolute Gasteiger partial charge is 0.496 e. The first-order chi connectivity index (χ1) is 14.2. The normalized spacial score (nSPS) is 11.0. The molecule has 0 fully saturated rings. The maximum absolute atomic E-state index is 5.70. The minimum atomic E-state index is 0.477. The van der Waals surface area contributed by atoms with E-state index in [1.165, 1.54) is 10.4 Å². The van der Waals surface area contributed by atoms with Crippen LogP contribution in [0.4, 0.5) is 0 Å². The summed E-state index contributed by atoms with van der Waals surface area (Å²) in [5.74, 6) is 1.23. The summed E-state index contributed by atoms with van der Waals surface area (Å²) in [6.45, 7) is 0.846. The van der Waals surface area contributed by atoms with Crippen molar-refractivity contribution in [3.63, 3.8) is 0 Å². The summed E-state index contributed by atoms with van der Waals surface area (Å²) in [6, 6.07) is 19.9. The van der Waals surface area contributed by atoms with E-state index in [9.17, 15) is 0 Å². The van der Waals surface area contributed by atoms with Crippen molar-refractivity contribution in [1.29, 1.82) is 0 Å². The first-order valence-corrected chi connectivity index (χ1v) is 9.28. The summed E-state index contributed by atoms with van der Waals surface area (Å²) in [7, 11) is 5.80. The van der Waals surface area contributed by atoms with Gasteiger partial charge >= 0.3 is 0 Å². The molecule has 2 aromatic heterocycles. The molecule has 0 aliphatic rings. The third kappa shape index (κ3) is 4.00. The Morgan fingerprint density at radius 2 is 1.79 bits per heavy atom. The molecule has 2 aromatic carbocycles. The minimum Gasteiger partial charge on any atom is -0.496 e. The van der Waals surface area contributed by atoms with Crippen LogP contribution < -0.4 is 4.74 Å². The van der Waals surface area contributed by atoms with Crippen molar-refractivity contribution in [1.82, 2.24) is 30.1 Å². The highest BCUT2D eigenvalue weighted by Gasteiger charge is 2.14. The van der Waals surface area contributed by atoms with Crippen molar-refractivity contribution in [2.45, 2.75) is 6.54 Å². The Balaban J connectivity index is 1.71. The van der Waals surface area contributed by atoms with Gasteiger partial charge in [-0.1, -0.05) is 30.3 Å². The van der Waals surface area contributed by atoms with Crippen LogP contribution in [0.25, 0.3) is 28.3 Å². The van der Waals surface area contributed by atoms with Gasteiger partial charge in [0.1, 0.15) is 11.4 Å². The van der Waals surface area contributed by atoms with Gasteiger partial charge in [0, 0.05) is 24.4 Å². The van der Waals surface area contributed by atoms with Crippen LogP contribution in [0.2, 0.25) is 0 Å². The van der Waals surface area contributed by atoms with Crippen molar-refractivity contribution in [2.24, 2.45) is 0 Å². The van der Waals surface area contributed by atoms with Crippen molar-refractivity contribution >= 4 is 0 Å². The average molecular weight is 386 g/mol. The van der Waals surface area contributed by atoms with Gasteiger partial charge < -0.3 is 9.64 Å². The smallest absolute Gasteiger partial charge is 0.223 e. The minimum absolute atomic E-state index is 0.477. The summed E-state index contributed by atoms with van der Waals surface area (Å²) in [5, 5.41) is 12.7. The van der Waals surface area contributed by atoms with Crippen LogP contribution >= 0.6 is 0 Å². The van der Waals surface area contributed by atoms with E-state index in [1.807, 2.05) is 42.5 Å². The van der Waals surface area contributed by atoms with E-state index in [4.69, 9.17) is 4.74 Å². The molecule has 0 saturated carbocycles. The fourth-order valence-electron chi connectivity index (χ4n) is 3.21. The van der Waals surface area contributed by atoms with E-state index in [0.717, 1.165) is 29.1 Å². The van der Waals surface area contributed by atoms with Gasteiger partial charge in [0.15, 0.2) is 0 Å². The predicted octanol–water partition coefficient (Wildman–Crippen LogP) is 3.46. The maximum atomic E-state index is 5.70. The topological polar surface area (TPSA) is 69.0 Å². The van der Waals surface area contributed by atoms with Crippen LogP contribution in [0.5, 0.6) is 5.75 Å². The van der Waals surface area contributed by atoms with Crippen LogP contribution in [-0.4, -0.2) is 51.3 Å². The zero-order chi connectivity index (χ0) is 20.2. The third-order valence-electron chi connectivity index (χ3n) is 4.52. The summed E-state index contributed by atoms with van der Waals surface area (Å²) in [5.41, 5.74) is 4.86. The Kier molecular flexibility index (Phi) is 5.31. The number of nitrogens with zero attached hydrogens (tertiary/aromatic N) is 6. The molecule has 0 amide bonds. The maximum Gasteiger partial charge on any atom is 0.223 e. The Hall–Kier alpha value is -3.58. The number of methoxy groups -OCH3 is 1. The molecule has 4 aromatic rings. The molecule has 0 aliphatic heterocycles. The van der Waals surface area contributed by atoms with Crippen molar-refractivity contribution < 1.29 is 4.74 Å². The second-order valence-electron chi connectivity index (χ2n) is 6.90. The molecular weight excluding hydrogens is 364 g/mol. The van der Waals surface area contributed by atoms with Gasteiger partial charge in [-0.3, -0.25) is 4.98 Å². The monoisotopic (exact) mass is 386 g/mol. The number of tetrazole rings is 1. The van der Waals surface area contributed by atoms with E-state index in [-0.39, 0.29) is 0 Å². The van der Waals surface area contributed by atoms with Crippen molar-refractivity contribution in [3.8, 4) is 34.1 Å². The Morgan fingerprint density at radius 1 is 0.966 bits per heavy atom. The highest BCUT2D eigenvalue weighted by Crippen LogP contribution is 2.34. The Bertz CT molecular complexity index is 1110. The van der Waals surface area contributed by atoms with E-state index in [1.54, 1.807) is 13.3 Å². The number of aromatic nitrogens is 5. The molecule has 146 valence electrons. The number of ether oxygens (including phenoxy) is 1. The molecule has 2 heterocycles. The fraction of sp³-hybridized carbons (Fsp3) is 0.182. The highest BCUT2D eigenvalue weighted by atomic mass is 16.5. The predicted molar refractivity (Wildman–Crippen MR) is 112 cm³/mol. The first-order valence-electron chi connectivity index (χ1n) is 9.28. The molecular formula is C22H22N6O. The lowest BCUT2D eigenvalue weighted by molar-refractivity contribution is 0.402. The molecule has 0 bridgehead atoms. The summed E-state index contributed by atoms with van der Waals surface area (Å²) >= 11 is 0. The van der Waals surface area contributed by atoms with E-state index in [2.05, 4.69) is 57.6 Å². The molecule has 0 N–H and O–H groups in total. The number of benzene rings is 2. The van der Waals surface area contributed by atoms with Gasteiger partial charge in [-0.25, -0.2) is 0 Å². The van der Waals surface area contributed by atoms with Gasteiger partial charge in [-0.05, 0) is 54.7 Å². The van der Waals surface area contributed by atoms with Gasteiger partial charge in [-0.2, -0.15) is 0 Å². The lowest BCUT2D eigenvalue weighted by Gasteiger charge is -2.16. The van der Waals surface area contributed by atoms with Gasteiger partial charge in [0.05, 0.1) is 12.8 Å². The SMILES string of the molecule is COc1cc(-n2nnc(-c3ccccn3)n2)ccc1-c1ccccc1CN(C)C. The summed E-state index contributed by atoms with van der Waals surface area (Å²) in [6.07, 6.45) is 1.71. The Labute approximate surface area is 169 Å². The van der Waals surface area contributed by atoms with E-state index < -0.39 is 0 Å². The zero-order valence-electron chi connectivity index (χ0n) is 16.6. The quantitative estimate of drug-likeness (QED) is 0.505. The molecule has 0 unspecified atom stereocenters. The lowest BCUT2D eigenvalue weighted by atomic mass is 9.98. The van der Waals surface area contributed by atoms with E-state index >= 15 is 0 Å². The number of hydrogen-bond donors (Lipinski definition) is 0. The van der Waals surface area contributed by atoms with Crippen LogP contribution in [0, 0.1) is 0 Å². The molecule has 0 saturated heterocycles. The zero-order valence-corrected chi connectivity index (χ0v) is 16.6. The summed E-state index contributed by atoms with van der Waals surface area (Å²) < 4.78 is 5.70. The highest BCUT2D eigenvalue weighted by molar-refractivity contribution is 5.74. The average Bonchev–Trinajstić information content (AvgIpc) is 3.24. The second kappa shape index (κ2) is 8.20. The van der Waals surface area contributed by atoms with Crippen LogP contribution in [-0.2, 0) is 6.54 Å². The number of pyridine rings is 1. The summed E-state index contributed by atoms with van der Waals surface area (Å²) in [4.78, 5) is 7.91. The molecule has 7 heteroatoms. The molecule has 0 radical (unpaired) electrons. The molecule has 4 rings (SSSR count). The van der Waals surface area contributed by atoms with Crippen LogP contribution in [0.1, 0.15) is 5.56 Å². The van der Waals surface area contributed by atoms with Crippen molar-refractivity contribution in [2.75, 3.05) is 21.2 Å². The van der Waals surface area contributed by atoms with Gasteiger partial charge in [-0.15, -0.1) is 15.0 Å². The van der Waals surface area contributed by atoms with Crippen LogP contribution in [0.3, 0.4) is 0 Å².